The fourth-order valence-corrected chi connectivity index (χ4v) is 6.60. The van der Waals surface area contributed by atoms with E-state index in [1.165, 1.54) is 4.31 Å². The Balaban J connectivity index is 0.00000155. The summed E-state index contributed by atoms with van der Waals surface area (Å²) in [6.07, 6.45) is 4.24. The second kappa shape index (κ2) is 15.2. The zero-order chi connectivity index (χ0) is 30.9. The van der Waals surface area contributed by atoms with Crippen molar-refractivity contribution in [2.45, 2.75) is 65.1 Å². The molecule has 0 saturated heterocycles. The molecule has 0 spiro atoms. The molecule has 230 valence electrons. The molecule has 1 aliphatic heterocycles. The van der Waals surface area contributed by atoms with Gasteiger partial charge in [0.05, 0.1) is 29.1 Å². The third kappa shape index (κ3) is 7.90. The zero-order valence-electron chi connectivity index (χ0n) is 24.9. The molecule has 2 heterocycles. The van der Waals surface area contributed by atoms with E-state index in [0.29, 0.717) is 43.1 Å². The summed E-state index contributed by atoms with van der Waals surface area (Å²) in [5, 5.41) is 25.4. The van der Waals surface area contributed by atoms with E-state index in [1.807, 2.05) is 49.5 Å². The number of anilines is 1. The molecule has 11 heteroatoms. The van der Waals surface area contributed by atoms with Gasteiger partial charge in [0.15, 0.2) is 0 Å². The van der Waals surface area contributed by atoms with Crippen molar-refractivity contribution in [3.8, 4) is 0 Å². The Hall–Kier alpha value is -3.41. The summed E-state index contributed by atoms with van der Waals surface area (Å²) in [6, 6.07) is 12.8. The summed E-state index contributed by atoms with van der Waals surface area (Å²) < 4.78 is 29.1. The highest BCUT2D eigenvalue weighted by atomic mass is 32.2. The van der Waals surface area contributed by atoms with Crippen LogP contribution in [0.2, 0.25) is 0 Å². The van der Waals surface area contributed by atoms with E-state index in [-0.39, 0.29) is 18.1 Å². The number of nitrogens with one attached hydrogen (secondary N) is 2. The summed E-state index contributed by atoms with van der Waals surface area (Å²) in [6.45, 7) is 7.99. The first-order valence-corrected chi connectivity index (χ1v) is 16.1. The number of aliphatic hydroxyl groups excluding tert-OH is 1. The lowest BCUT2D eigenvalue weighted by atomic mass is 9.99. The van der Waals surface area contributed by atoms with Gasteiger partial charge < -0.3 is 25.4 Å². The minimum Gasteiger partial charge on any atom is -0.483 e. The van der Waals surface area contributed by atoms with E-state index in [1.54, 1.807) is 13.1 Å². The summed E-state index contributed by atoms with van der Waals surface area (Å²) in [5.74, 6) is 0.228. The fraction of sp³-hybridized carbons (Fsp3) is 0.484. The van der Waals surface area contributed by atoms with Crippen LogP contribution in [0, 0.1) is 5.92 Å². The lowest BCUT2D eigenvalue weighted by Gasteiger charge is -2.26. The average Bonchev–Trinajstić information content (AvgIpc) is 3.31. The number of benzene rings is 2. The number of nitrogens with zero attached hydrogens (tertiary/aromatic N) is 2. The number of rotatable bonds is 12. The quantitative estimate of drug-likeness (QED) is 0.234. The standard InChI is InChI=1S/C30H42N4O4S.CH2O2/c1-5-21(6-2)18-31-19-28(35)25(15-22-11-9-8-10-12-22)32-30(36)24-16-26-29-23(13-14-39(37,38)33(26)4)20-34(7-3)27(29)17-24;2-1-3/h8-12,16-17,20-21,25,28,31,35H,5-7,13-15,18-19H2,1-4H3,(H,32,36);1H,(H,2,3)/t25-,28+;/m0./s1. The topological polar surface area (TPSA) is 141 Å². The Kier molecular flexibility index (Phi) is 12.0. The van der Waals surface area contributed by atoms with Gasteiger partial charge in [0.25, 0.3) is 12.4 Å². The van der Waals surface area contributed by atoms with Crippen molar-refractivity contribution in [2.24, 2.45) is 5.92 Å². The van der Waals surface area contributed by atoms with Crippen molar-refractivity contribution in [3.05, 3.63) is 65.4 Å². The lowest BCUT2D eigenvalue weighted by molar-refractivity contribution is -0.122. The maximum absolute atomic E-state index is 13.7. The molecular weight excluding hydrogens is 556 g/mol. The molecule has 1 aliphatic rings. The maximum atomic E-state index is 13.7. The second-order valence-corrected chi connectivity index (χ2v) is 12.8. The minimum atomic E-state index is -3.50. The van der Waals surface area contributed by atoms with Gasteiger partial charge >= 0.3 is 0 Å². The summed E-state index contributed by atoms with van der Waals surface area (Å²) in [7, 11) is -1.95. The van der Waals surface area contributed by atoms with Crippen LogP contribution in [0.25, 0.3) is 10.9 Å². The summed E-state index contributed by atoms with van der Waals surface area (Å²) in [5.41, 5.74) is 3.72. The first kappa shape index (κ1) is 33.1. The van der Waals surface area contributed by atoms with Gasteiger partial charge in [-0.05, 0) is 55.5 Å². The van der Waals surface area contributed by atoms with Gasteiger partial charge in [-0.25, -0.2) is 8.42 Å². The molecule has 10 nitrogen and oxygen atoms in total. The van der Waals surface area contributed by atoms with Gasteiger partial charge in [0, 0.05) is 37.3 Å². The SMILES string of the molecule is CCC(CC)CNC[C@@H](O)[C@H](Cc1ccccc1)NC(=O)c1cc2c3c(cn(CC)c3c1)CCS(=O)(=O)N2C.O=CO. The molecule has 0 fully saturated rings. The van der Waals surface area contributed by atoms with E-state index >= 15 is 0 Å². The van der Waals surface area contributed by atoms with E-state index < -0.39 is 22.2 Å². The second-order valence-electron chi connectivity index (χ2n) is 10.6. The van der Waals surface area contributed by atoms with Crippen molar-refractivity contribution in [1.29, 1.82) is 0 Å². The predicted molar refractivity (Wildman–Crippen MR) is 167 cm³/mol. The van der Waals surface area contributed by atoms with Crippen LogP contribution >= 0.6 is 0 Å². The molecule has 42 heavy (non-hydrogen) atoms. The summed E-state index contributed by atoms with van der Waals surface area (Å²) in [4.78, 5) is 22.1. The molecule has 1 amide bonds. The van der Waals surface area contributed by atoms with Crippen LogP contribution in [0.5, 0.6) is 0 Å². The number of aliphatic hydroxyl groups is 1. The Labute approximate surface area is 248 Å². The van der Waals surface area contributed by atoms with Crippen molar-refractivity contribution in [3.63, 3.8) is 0 Å². The smallest absolute Gasteiger partial charge is 0.290 e. The molecule has 0 unspecified atom stereocenters. The highest BCUT2D eigenvalue weighted by Crippen LogP contribution is 2.37. The van der Waals surface area contributed by atoms with Gasteiger partial charge in [-0.2, -0.15) is 0 Å². The Morgan fingerprint density at radius 1 is 1.10 bits per heavy atom. The molecule has 2 aromatic carbocycles. The largest absolute Gasteiger partial charge is 0.483 e. The van der Waals surface area contributed by atoms with E-state index in [2.05, 4.69) is 29.0 Å². The van der Waals surface area contributed by atoms with Crippen molar-refractivity contribution < 1.29 is 28.2 Å². The number of hydrogen-bond donors (Lipinski definition) is 4. The Morgan fingerprint density at radius 3 is 2.38 bits per heavy atom. The van der Waals surface area contributed by atoms with Gasteiger partial charge in [-0.1, -0.05) is 57.0 Å². The van der Waals surface area contributed by atoms with Crippen LogP contribution in [0.4, 0.5) is 5.69 Å². The van der Waals surface area contributed by atoms with Gasteiger partial charge in [0.1, 0.15) is 0 Å². The van der Waals surface area contributed by atoms with Crippen LogP contribution in [-0.4, -0.2) is 73.6 Å². The number of aromatic nitrogens is 1. The van der Waals surface area contributed by atoms with Crippen molar-refractivity contribution in [1.82, 2.24) is 15.2 Å². The number of amides is 1. The Bertz CT molecular complexity index is 1440. The van der Waals surface area contributed by atoms with Gasteiger partial charge in [0.2, 0.25) is 10.0 Å². The van der Waals surface area contributed by atoms with E-state index in [4.69, 9.17) is 9.90 Å². The first-order chi connectivity index (χ1) is 20.1. The number of hydrogen-bond acceptors (Lipinski definition) is 6. The number of aryl methyl sites for hydroxylation is 2. The van der Waals surface area contributed by atoms with Gasteiger partial charge in [-0.15, -0.1) is 0 Å². The molecule has 1 aromatic heterocycles. The predicted octanol–water partition coefficient (Wildman–Crippen LogP) is 3.41. The lowest BCUT2D eigenvalue weighted by Crippen LogP contribution is -2.49. The summed E-state index contributed by atoms with van der Waals surface area (Å²) >= 11 is 0. The zero-order valence-corrected chi connectivity index (χ0v) is 25.7. The number of sulfonamides is 1. The average molecular weight is 601 g/mol. The van der Waals surface area contributed by atoms with Crippen LogP contribution < -0.4 is 14.9 Å². The van der Waals surface area contributed by atoms with Crippen LogP contribution in [-0.2, 0) is 34.2 Å². The third-order valence-electron chi connectivity index (χ3n) is 8.05. The molecule has 4 rings (SSSR count). The number of carbonyl (C=O) groups excluding carboxylic acids is 1. The molecular formula is C31H44N4O6S. The van der Waals surface area contributed by atoms with Crippen molar-refractivity contribution in [2.75, 3.05) is 30.2 Å². The monoisotopic (exact) mass is 600 g/mol. The maximum Gasteiger partial charge on any atom is 0.290 e. The number of carboxylic acid groups (broad SMARTS) is 1. The highest BCUT2D eigenvalue weighted by molar-refractivity contribution is 7.92. The van der Waals surface area contributed by atoms with E-state index in [0.717, 1.165) is 41.4 Å². The third-order valence-corrected chi connectivity index (χ3v) is 9.80. The molecule has 0 radical (unpaired) electrons. The molecule has 0 saturated carbocycles. The van der Waals surface area contributed by atoms with Crippen LogP contribution in [0.15, 0.2) is 48.7 Å². The Morgan fingerprint density at radius 2 is 1.76 bits per heavy atom. The molecule has 0 aliphatic carbocycles. The molecule has 2 atom stereocenters. The molecule has 3 aromatic rings. The van der Waals surface area contributed by atoms with Gasteiger partial charge in [-0.3, -0.25) is 13.9 Å². The fourth-order valence-electron chi connectivity index (χ4n) is 5.40. The molecule has 4 N–H and O–H groups in total. The molecule has 0 bridgehead atoms. The van der Waals surface area contributed by atoms with Crippen molar-refractivity contribution >= 4 is 39.0 Å². The van der Waals surface area contributed by atoms with E-state index in [9.17, 15) is 18.3 Å². The number of carbonyl (C=O) groups is 2. The van der Waals surface area contributed by atoms with Crippen LogP contribution in [0.1, 0.15) is 55.1 Å². The first-order valence-electron chi connectivity index (χ1n) is 14.5. The normalized spacial score (nSPS) is 15.4. The van der Waals surface area contributed by atoms with Crippen LogP contribution in [0.3, 0.4) is 0 Å². The minimum absolute atomic E-state index is 0.0256. The highest BCUT2D eigenvalue weighted by Gasteiger charge is 2.29.